The summed E-state index contributed by atoms with van der Waals surface area (Å²) < 4.78 is 5.16. The highest BCUT2D eigenvalue weighted by Gasteiger charge is 2.07. The Morgan fingerprint density at radius 2 is 1.45 bits per heavy atom. The molecule has 0 N–H and O–H groups in total. The lowest BCUT2D eigenvalue weighted by molar-refractivity contribution is -0.140. The zero-order chi connectivity index (χ0) is 15.4. The first-order chi connectivity index (χ1) is 9.43. The van der Waals surface area contributed by atoms with Crippen LogP contribution in [0.1, 0.15) is 79.1 Å². The van der Waals surface area contributed by atoms with Crippen LogP contribution in [-0.4, -0.2) is 12.6 Å². The summed E-state index contributed by atoms with van der Waals surface area (Å²) in [5, 5.41) is 0. The summed E-state index contributed by atoms with van der Waals surface area (Å²) >= 11 is 0. The highest BCUT2D eigenvalue weighted by Crippen LogP contribution is 2.14. The largest absolute Gasteiger partial charge is 0.462 e. The molecule has 0 aliphatic heterocycles. The molecule has 2 heteroatoms. The van der Waals surface area contributed by atoms with Gasteiger partial charge < -0.3 is 4.74 Å². The van der Waals surface area contributed by atoms with E-state index in [1.165, 1.54) is 44.9 Å². The third-order valence-corrected chi connectivity index (χ3v) is 3.58. The molecule has 0 amide bonds. The van der Waals surface area contributed by atoms with Gasteiger partial charge in [-0.2, -0.15) is 0 Å². The maximum absolute atomic E-state index is 11.3. The van der Waals surface area contributed by atoms with E-state index in [4.69, 9.17) is 4.74 Å². The Bertz CT molecular complexity index is 269. The zero-order valence-corrected chi connectivity index (χ0v) is 14.0. The van der Waals surface area contributed by atoms with Crippen LogP contribution in [0.15, 0.2) is 12.2 Å². The molecule has 0 rings (SSSR count). The van der Waals surface area contributed by atoms with Crippen LogP contribution in [0.3, 0.4) is 0 Å². The molecule has 2 nitrogen and oxygen atoms in total. The van der Waals surface area contributed by atoms with Crippen LogP contribution in [0, 0.1) is 11.8 Å². The van der Waals surface area contributed by atoms with E-state index < -0.39 is 0 Å². The fourth-order valence-electron chi connectivity index (χ4n) is 2.18. The molecular weight excluding hydrogens is 248 g/mol. The zero-order valence-electron chi connectivity index (χ0n) is 14.0. The molecule has 0 bridgehead atoms. The van der Waals surface area contributed by atoms with Crippen molar-refractivity contribution in [3.05, 3.63) is 12.2 Å². The molecule has 1 unspecified atom stereocenters. The molecule has 0 aromatic carbocycles. The predicted molar refractivity (Wildman–Crippen MR) is 86.7 cm³/mol. The maximum Gasteiger partial charge on any atom is 0.333 e. The second-order valence-corrected chi connectivity index (χ2v) is 6.58. The van der Waals surface area contributed by atoms with E-state index in [1.807, 2.05) is 0 Å². The minimum atomic E-state index is -0.262. The van der Waals surface area contributed by atoms with Crippen molar-refractivity contribution in [1.29, 1.82) is 0 Å². The molecule has 118 valence electrons. The van der Waals surface area contributed by atoms with E-state index in [0.29, 0.717) is 18.1 Å². The topological polar surface area (TPSA) is 26.3 Å². The Morgan fingerprint density at radius 3 is 1.95 bits per heavy atom. The van der Waals surface area contributed by atoms with E-state index in [2.05, 4.69) is 27.4 Å². The van der Waals surface area contributed by atoms with Gasteiger partial charge in [-0.25, -0.2) is 4.79 Å². The lowest BCUT2D eigenvalue weighted by Crippen LogP contribution is -2.12. The first-order valence-electron chi connectivity index (χ1n) is 8.26. The Balaban J connectivity index is 3.33. The SMILES string of the molecule is C=C(C)C(=O)OCC(C)CCCCCCCCC(C)C. The Morgan fingerprint density at radius 1 is 0.950 bits per heavy atom. The number of ether oxygens (including phenoxy) is 1. The summed E-state index contributed by atoms with van der Waals surface area (Å²) in [5.74, 6) is 1.04. The van der Waals surface area contributed by atoms with Crippen molar-refractivity contribution in [2.24, 2.45) is 11.8 Å². The number of carbonyl (C=O) groups excluding carboxylic acids is 1. The van der Waals surface area contributed by atoms with Crippen LogP contribution in [0.4, 0.5) is 0 Å². The predicted octanol–water partition coefficient (Wildman–Crippen LogP) is 5.52. The number of carbonyl (C=O) groups is 1. The molecule has 0 spiro atoms. The Labute approximate surface area is 126 Å². The first kappa shape index (κ1) is 19.2. The monoisotopic (exact) mass is 282 g/mol. The third-order valence-electron chi connectivity index (χ3n) is 3.58. The first-order valence-corrected chi connectivity index (χ1v) is 8.26. The number of esters is 1. The second-order valence-electron chi connectivity index (χ2n) is 6.58. The molecule has 0 aliphatic rings. The van der Waals surface area contributed by atoms with Gasteiger partial charge in [-0.3, -0.25) is 0 Å². The fourth-order valence-corrected chi connectivity index (χ4v) is 2.18. The molecule has 0 fully saturated rings. The van der Waals surface area contributed by atoms with E-state index in [9.17, 15) is 4.79 Å². The number of unbranched alkanes of at least 4 members (excludes halogenated alkanes) is 5. The smallest absolute Gasteiger partial charge is 0.333 e. The maximum atomic E-state index is 11.3. The standard InChI is InChI=1S/C18H34O2/c1-15(2)12-10-8-6-7-9-11-13-17(5)14-20-18(19)16(3)4/h15,17H,3,6-14H2,1-2,4-5H3. The summed E-state index contributed by atoms with van der Waals surface area (Å²) in [7, 11) is 0. The molecule has 0 heterocycles. The number of hydrogen-bond acceptors (Lipinski definition) is 2. The highest BCUT2D eigenvalue weighted by atomic mass is 16.5. The van der Waals surface area contributed by atoms with Gasteiger partial charge in [-0.05, 0) is 25.2 Å². The molecule has 0 saturated carbocycles. The van der Waals surface area contributed by atoms with E-state index in [0.717, 1.165) is 12.3 Å². The number of hydrogen-bond donors (Lipinski definition) is 0. The third kappa shape index (κ3) is 12.3. The van der Waals surface area contributed by atoms with Gasteiger partial charge in [0.05, 0.1) is 6.61 Å². The van der Waals surface area contributed by atoms with Gasteiger partial charge in [0.2, 0.25) is 0 Å². The number of rotatable bonds is 12. The van der Waals surface area contributed by atoms with Crippen molar-refractivity contribution in [2.75, 3.05) is 6.61 Å². The molecule has 0 radical (unpaired) electrons. The summed E-state index contributed by atoms with van der Waals surface area (Å²) in [5.41, 5.74) is 0.485. The van der Waals surface area contributed by atoms with Gasteiger partial charge in [0.25, 0.3) is 0 Å². The molecule has 20 heavy (non-hydrogen) atoms. The fraction of sp³-hybridized carbons (Fsp3) is 0.833. The van der Waals surface area contributed by atoms with Gasteiger partial charge in [0.15, 0.2) is 0 Å². The van der Waals surface area contributed by atoms with Crippen molar-refractivity contribution in [3.8, 4) is 0 Å². The van der Waals surface area contributed by atoms with Crippen LogP contribution < -0.4 is 0 Å². The molecule has 0 aromatic rings. The minimum absolute atomic E-state index is 0.262. The van der Waals surface area contributed by atoms with Gasteiger partial charge in [0.1, 0.15) is 0 Å². The lowest BCUT2D eigenvalue weighted by Gasteiger charge is -2.12. The van der Waals surface area contributed by atoms with Gasteiger partial charge in [-0.1, -0.05) is 72.3 Å². The van der Waals surface area contributed by atoms with Crippen molar-refractivity contribution in [2.45, 2.75) is 79.1 Å². The quantitative estimate of drug-likeness (QED) is 0.268. The molecule has 0 aromatic heterocycles. The van der Waals surface area contributed by atoms with Crippen LogP contribution in [0.25, 0.3) is 0 Å². The summed E-state index contributed by atoms with van der Waals surface area (Å²) in [6.45, 7) is 12.5. The summed E-state index contributed by atoms with van der Waals surface area (Å²) in [6, 6.07) is 0. The van der Waals surface area contributed by atoms with Gasteiger partial charge in [-0.15, -0.1) is 0 Å². The van der Waals surface area contributed by atoms with Crippen LogP contribution in [-0.2, 0) is 9.53 Å². The summed E-state index contributed by atoms with van der Waals surface area (Å²) in [6.07, 6.45) is 10.5. The van der Waals surface area contributed by atoms with Gasteiger partial charge in [0, 0.05) is 5.57 Å². The van der Waals surface area contributed by atoms with Crippen molar-refractivity contribution in [1.82, 2.24) is 0 Å². The van der Waals surface area contributed by atoms with E-state index >= 15 is 0 Å². The molecular formula is C18H34O2. The summed E-state index contributed by atoms with van der Waals surface area (Å²) in [4.78, 5) is 11.3. The molecule has 0 saturated heterocycles. The second kappa shape index (κ2) is 12.0. The van der Waals surface area contributed by atoms with Crippen LogP contribution in [0.5, 0.6) is 0 Å². The molecule has 1 atom stereocenters. The van der Waals surface area contributed by atoms with Gasteiger partial charge >= 0.3 is 5.97 Å². The van der Waals surface area contributed by atoms with Crippen molar-refractivity contribution >= 4 is 5.97 Å². The minimum Gasteiger partial charge on any atom is -0.462 e. The average Bonchev–Trinajstić information content (AvgIpc) is 2.38. The van der Waals surface area contributed by atoms with E-state index in [-0.39, 0.29) is 5.97 Å². The normalized spacial score (nSPS) is 12.4. The highest BCUT2D eigenvalue weighted by molar-refractivity contribution is 5.86. The van der Waals surface area contributed by atoms with Crippen LogP contribution >= 0.6 is 0 Å². The Kier molecular flexibility index (Phi) is 11.5. The van der Waals surface area contributed by atoms with Crippen molar-refractivity contribution in [3.63, 3.8) is 0 Å². The molecule has 0 aliphatic carbocycles. The lowest BCUT2D eigenvalue weighted by atomic mass is 10.0. The van der Waals surface area contributed by atoms with Crippen molar-refractivity contribution < 1.29 is 9.53 Å². The van der Waals surface area contributed by atoms with E-state index in [1.54, 1.807) is 6.92 Å². The Hall–Kier alpha value is -0.790. The van der Waals surface area contributed by atoms with Crippen LogP contribution in [0.2, 0.25) is 0 Å². The average molecular weight is 282 g/mol.